The van der Waals surface area contributed by atoms with Crippen molar-refractivity contribution in [3.05, 3.63) is 0 Å². The Morgan fingerprint density at radius 2 is 2.00 bits per heavy atom. The summed E-state index contributed by atoms with van der Waals surface area (Å²) in [7, 11) is 0. The maximum atomic E-state index is 10.9. The van der Waals surface area contributed by atoms with Gasteiger partial charge in [0, 0.05) is 6.61 Å². The Labute approximate surface area is 87.5 Å². The van der Waals surface area contributed by atoms with E-state index in [4.69, 9.17) is 10.2 Å². The topological polar surface area (TPSA) is 83.8 Å². The fourth-order valence-corrected chi connectivity index (χ4v) is 0.904. The highest BCUT2D eigenvalue weighted by atomic mass is 32.1. The first kappa shape index (κ1) is 13.4. The fourth-order valence-electron chi connectivity index (χ4n) is 0.732. The van der Waals surface area contributed by atoms with E-state index in [0.717, 1.165) is 0 Å². The Bertz CT molecular complexity index is 194. The molecule has 0 saturated carbocycles. The number of carbonyl (C=O) groups excluding carboxylic acids is 2. The van der Waals surface area contributed by atoms with Crippen molar-refractivity contribution in [3.63, 3.8) is 0 Å². The van der Waals surface area contributed by atoms with Gasteiger partial charge in [-0.3, -0.25) is 4.79 Å². The van der Waals surface area contributed by atoms with Gasteiger partial charge in [0.1, 0.15) is 0 Å². The first-order chi connectivity index (χ1) is 6.57. The van der Waals surface area contributed by atoms with Gasteiger partial charge in [-0.15, -0.1) is 12.6 Å². The first-order valence-corrected chi connectivity index (χ1v) is 4.70. The lowest BCUT2D eigenvalue weighted by atomic mass is 10.3. The van der Waals surface area contributed by atoms with Crippen LogP contribution in [-0.4, -0.2) is 40.6 Å². The van der Waals surface area contributed by atoms with E-state index >= 15 is 0 Å². The molecule has 82 valence electrons. The number of carbonyl (C=O) groups is 2. The third-order valence-electron chi connectivity index (χ3n) is 1.44. The number of hydrogen-bond acceptors (Lipinski definition) is 5. The second kappa shape index (κ2) is 7.78. The molecule has 1 atom stereocenters. The monoisotopic (exact) mass is 222 g/mol. The molecule has 0 aromatic rings. The van der Waals surface area contributed by atoms with E-state index in [2.05, 4.69) is 17.4 Å². The molecular weight excluding hydrogens is 208 g/mol. The largest absolute Gasteiger partial charge is 0.464 e. The highest BCUT2D eigenvalue weighted by Gasteiger charge is 2.18. The number of rotatable bonds is 7. The van der Waals surface area contributed by atoms with Gasteiger partial charge in [-0.25, -0.2) is 4.79 Å². The van der Waals surface area contributed by atoms with Crippen molar-refractivity contribution in [2.75, 3.05) is 13.2 Å². The Kier molecular flexibility index (Phi) is 7.45. The minimum atomic E-state index is -1.44. The summed E-state index contributed by atoms with van der Waals surface area (Å²) >= 11 is 3.42. The van der Waals surface area contributed by atoms with Crippen LogP contribution in [0.15, 0.2) is 0 Å². The van der Waals surface area contributed by atoms with Crippen molar-refractivity contribution in [1.82, 2.24) is 0 Å². The number of esters is 1. The first-order valence-electron chi connectivity index (χ1n) is 4.25. The molecule has 0 heterocycles. The quantitative estimate of drug-likeness (QED) is 0.307. The van der Waals surface area contributed by atoms with E-state index in [-0.39, 0.29) is 19.6 Å². The minimum Gasteiger partial charge on any atom is -0.464 e. The van der Waals surface area contributed by atoms with E-state index in [1.807, 2.05) is 0 Å². The molecule has 0 aromatic carbocycles. The molecule has 0 saturated heterocycles. The van der Waals surface area contributed by atoms with Crippen LogP contribution < -0.4 is 0 Å². The molecule has 0 amide bonds. The second-order valence-corrected chi connectivity index (χ2v) is 3.21. The van der Waals surface area contributed by atoms with Crippen molar-refractivity contribution in [2.24, 2.45) is 0 Å². The lowest BCUT2D eigenvalue weighted by Crippen LogP contribution is -2.25. The smallest absolute Gasteiger partial charge is 0.335 e. The van der Waals surface area contributed by atoms with Gasteiger partial charge >= 0.3 is 5.97 Å². The molecule has 0 aliphatic rings. The van der Waals surface area contributed by atoms with Crippen molar-refractivity contribution < 1.29 is 24.5 Å². The summed E-state index contributed by atoms with van der Waals surface area (Å²) in [5.74, 6) is -0.828. The summed E-state index contributed by atoms with van der Waals surface area (Å²) in [6, 6.07) is 0. The average molecular weight is 222 g/mol. The van der Waals surface area contributed by atoms with Gasteiger partial charge < -0.3 is 14.9 Å². The molecule has 0 spiro atoms. The molecule has 1 unspecified atom stereocenters. The third-order valence-corrected chi connectivity index (χ3v) is 1.62. The number of thiol groups is 1. The highest BCUT2D eigenvalue weighted by Crippen LogP contribution is 1.99. The van der Waals surface area contributed by atoms with Crippen molar-refractivity contribution in [2.45, 2.75) is 25.4 Å². The van der Waals surface area contributed by atoms with Crippen LogP contribution in [0.1, 0.15) is 19.3 Å². The summed E-state index contributed by atoms with van der Waals surface area (Å²) in [5, 5.41) is 16.9. The molecular formula is C8H14O5S. The van der Waals surface area contributed by atoms with Crippen molar-refractivity contribution in [3.8, 4) is 0 Å². The number of aliphatic hydroxyl groups is 2. The van der Waals surface area contributed by atoms with E-state index in [0.29, 0.717) is 12.8 Å². The van der Waals surface area contributed by atoms with Crippen LogP contribution in [0.5, 0.6) is 0 Å². The van der Waals surface area contributed by atoms with Gasteiger partial charge in [0.15, 0.2) is 11.2 Å². The minimum absolute atomic E-state index is 0.0369. The van der Waals surface area contributed by atoms with Crippen LogP contribution in [0, 0.1) is 0 Å². The summed E-state index contributed by atoms with van der Waals surface area (Å²) < 4.78 is 4.62. The zero-order chi connectivity index (χ0) is 11.0. The van der Waals surface area contributed by atoms with Crippen molar-refractivity contribution in [1.29, 1.82) is 0 Å². The Morgan fingerprint density at radius 1 is 1.36 bits per heavy atom. The maximum absolute atomic E-state index is 10.9. The zero-order valence-electron chi connectivity index (χ0n) is 7.68. The van der Waals surface area contributed by atoms with E-state index in [1.54, 1.807) is 0 Å². The lowest BCUT2D eigenvalue weighted by molar-refractivity contribution is -0.154. The molecule has 0 fully saturated rings. The SMILES string of the molecule is O=C(S)CC(O)C(=O)OCCCCO. The Morgan fingerprint density at radius 3 is 2.50 bits per heavy atom. The van der Waals surface area contributed by atoms with E-state index < -0.39 is 17.2 Å². The number of ether oxygens (including phenoxy) is 1. The van der Waals surface area contributed by atoms with Crippen LogP contribution >= 0.6 is 12.6 Å². The summed E-state index contributed by atoms with van der Waals surface area (Å²) in [4.78, 5) is 21.3. The van der Waals surface area contributed by atoms with Crippen LogP contribution in [0.3, 0.4) is 0 Å². The number of hydrogen-bond donors (Lipinski definition) is 3. The number of aliphatic hydroxyl groups excluding tert-OH is 2. The predicted octanol–water partition coefficient (Wildman–Crippen LogP) is -0.491. The van der Waals surface area contributed by atoms with Gasteiger partial charge in [0.25, 0.3) is 0 Å². The van der Waals surface area contributed by atoms with Crippen LogP contribution in [0.4, 0.5) is 0 Å². The zero-order valence-corrected chi connectivity index (χ0v) is 8.57. The molecule has 0 aliphatic carbocycles. The molecule has 0 rings (SSSR count). The highest BCUT2D eigenvalue weighted by molar-refractivity contribution is 7.96. The standard InChI is InChI=1S/C8H14O5S/c9-3-1-2-4-13-8(12)6(10)5-7(11)14/h6,9-10H,1-5H2,(H,11,14). The van der Waals surface area contributed by atoms with Crippen molar-refractivity contribution >= 4 is 23.7 Å². The predicted molar refractivity (Wildman–Crippen MR) is 51.9 cm³/mol. The van der Waals surface area contributed by atoms with E-state index in [1.165, 1.54) is 0 Å². The fraction of sp³-hybridized carbons (Fsp3) is 0.750. The average Bonchev–Trinajstić information content (AvgIpc) is 2.11. The number of unbranched alkanes of at least 4 members (excludes halogenated alkanes) is 1. The third kappa shape index (κ3) is 6.88. The molecule has 0 bridgehead atoms. The summed E-state index contributed by atoms with van der Waals surface area (Å²) in [6.45, 7) is 0.173. The van der Waals surface area contributed by atoms with E-state index in [9.17, 15) is 9.59 Å². The normalized spacial score (nSPS) is 12.2. The van der Waals surface area contributed by atoms with Gasteiger partial charge in [0.05, 0.1) is 13.0 Å². The van der Waals surface area contributed by atoms with Crippen LogP contribution in [0.2, 0.25) is 0 Å². The molecule has 14 heavy (non-hydrogen) atoms. The summed E-state index contributed by atoms with van der Waals surface area (Å²) in [5.41, 5.74) is 0. The Hall–Kier alpha value is -0.590. The van der Waals surface area contributed by atoms with Crippen LogP contribution in [-0.2, 0) is 14.3 Å². The molecule has 5 nitrogen and oxygen atoms in total. The molecule has 0 aromatic heterocycles. The molecule has 2 N–H and O–H groups in total. The molecule has 6 heteroatoms. The molecule has 0 aliphatic heterocycles. The molecule has 0 radical (unpaired) electrons. The van der Waals surface area contributed by atoms with Crippen LogP contribution in [0.25, 0.3) is 0 Å². The lowest BCUT2D eigenvalue weighted by Gasteiger charge is -2.08. The van der Waals surface area contributed by atoms with Gasteiger partial charge in [-0.1, -0.05) is 0 Å². The van der Waals surface area contributed by atoms with Gasteiger partial charge in [-0.05, 0) is 12.8 Å². The maximum Gasteiger partial charge on any atom is 0.335 e. The summed E-state index contributed by atoms with van der Waals surface area (Å²) in [6.07, 6.45) is -0.713. The second-order valence-electron chi connectivity index (χ2n) is 2.71. The van der Waals surface area contributed by atoms with Gasteiger partial charge in [0.2, 0.25) is 0 Å². The van der Waals surface area contributed by atoms with Gasteiger partial charge in [-0.2, -0.15) is 0 Å². The Balaban J connectivity index is 3.57.